The maximum Gasteiger partial charge on any atom is 0.323 e. The van der Waals surface area contributed by atoms with E-state index in [9.17, 15) is 14.0 Å². The molecule has 1 heterocycles. The summed E-state index contributed by atoms with van der Waals surface area (Å²) in [5.74, 6) is -0.436. The highest BCUT2D eigenvalue weighted by Crippen LogP contribution is 2.27. The Bertz CT molecular complexity index is 1360. The maximum atomic E-state index is 13.3. The number of urea groups is 1. The van der Waals surface area contributed by atoms with Crippen molar-refractivity contribution in [3.63, 3.8) is 0 Å². The van der Waals surface area contributed by atoms with Crippen LogP contribution in [0.25, 0.3) is 11.3 Å². The van der Waals surface area contributed by atoms with Crippen molar-refractivity contribution >= 4 is 28.8 Å². The number of aromatic amines is 1. The molecule has 1 aliphatic carbocycles. The Morgan fingerprint density at radius 3 is 2.47 bits per heavy atom. The number of benzene rings is 2. The summed E-state index contributed by atoms with van der Waals surface area (Å²) in [5, 5.41) is 5.31. The quantitative estimate of drug-likeness (QED) is 0.364. The topological polar surface area (TPSA) is 86.3 Å². The molecule has 0 spiro atoms. The van der Waals surface area contributed by atoms with Gasteiger partial charge in [-0.3, -0.25) is 9.79 Å². The van der Waals surface area contributed by atoms with Crippen molar-refractivity contribution in [2.45, 2.75) is 13.8 Å². The number of anilines is 2. The molecule has 0 radical (unpaired) electrons. The number of aliphatic imine (C=N–C) groups is 1. The number of carbonyl (C=O) groups is 1. The number of hydrogen-bond acceptors (Lipinski definition) is 3. The number of aromatic nitrogens is 1. The Kier molecular flexibility index (Phi) is 5.81. The smallest absolute Gasteiger partial charge is 0.321 e. The SMILES string of the molecule is C/C(=N\c1cc(NC(=O)Nc2cccc(F)c2)ccc1C)c1c2cccccc-2[nH]c1=O. The third kappa shape index (κ3) is 4.57. The number of aryl methyl sites for hydroxylation is 1. The molecule has 2 amide bonds. The summed E-state index contributed by atoms with van der Waals surface area (Å²) >= 11 is 0. The van der Waals surface area contributed by atoms with Gasteiger partial charge in [0.2, 0.25) is 0 Å². The lowest BCUT2D eigenvalue weighted by Gasteiger charge is -2.10. The molecule has 3 N–H and O–H groups in total. The van der Waals surface area contributed by atoms with Gasteiger partial charge < -0.3 is 15.6 Å². The fourth-order valence-electron chi connectivity index (χ4n) is 3.44. The van der Waals surface area contributed by atoms with Crippen molar-refractivity contribution in [2.75, 3.05) is 10.6 Å². The van der Waals surface area contributed by atoms with Crippen LogP contribution in [0.5, 0.6) is 0 Å². The number of nitrogens with one attached hydrogen (secondary N) is 3. The highest BCUT2D eigenvalue weighted by molar-refractivity contribution is 6.06. The molecule has 32 heavy (non-hydrogen) atoms. The predicted octanol–water partition coefficient (Wildman–Crippen LogP) is 5.71. The molecule has 0 saturated heterocycles. The van der Waals surface area contributed by atoms with Crippen LogP contribution in [-0.4, -0.2) is 16.7 Å². The van der Waals surface area contributed by atoms with Gasteiger partial charge in [0.15, 0.2) is 0 Å². The first-order valence-electron chi connectivity index (χ1n) is 10.0. The monoisotopic (exact) mass is 428 g/mol. The lowest BCUT2D eigenvalue weighted by atomic mass is 10.1. The van der Waals surface area contributed by atoms with Crippen molar-refractivity contribution in [1.29, 1.82) is 0 Å². The van der Waals surface area contributed by atoms with Crippen LogP contribution in [0, 0.1) is 12.7 Å². The fraction of sp³-hybridized carbons (Fsp3) is 0.0800. The molecule has 7 heteroatoms. The summed E-state index contributed by atoms with van der Waals surface area (Å²) < 4.78 is 13.3. The Morgan fingerprint density at radius 1 is 0.938 bits per heavy atom. The average molecular weight is 428 g/mol. The van der Waals surface area contributed by atoms with Crippen LogP contribution >= 0.6 is 0 Å². The van der Waals surface area contributed by atoms with Gasteiger partial charge in [0, 0.05) is 22.6 Å². The highest BCUT2D eigenvalue weighted by atomic mass is 19.1. The number of carbonyl (C=O) groups excluding carboxylic acids is 1. The highest BCUT2D eigenvalue weighted by Gasteiger charge is 2.16. The van der Waals surface area contributed by atoms with E-state index in [2.05, 4.69) is 20.6 Å². The van der Waals surface area contributed by atoms with Crippen LogP contribution in [0.1, 0.15) is 18.1 Å². The van der Waals surface area contributed by atoms with Crippen LogP contribution < -0.4 is 16.2 Å². The van der Waals surface area contributed by atoms with Crippen molar-refractivity contribution < 1.29 is 9.18 Å². The molecule has 2 aromatic rings. The third-order valence-corrected chi connectivity index (χ3v) is 4.98. The molecule has 0 bridgehead atoms. The number of halogens is 1. The van der Waals surface area contributed by atoms with Gasteiger partial charge in [-0.1, -0.05) is 36.4 Å². The number of fused-ring (bicyclic) bond motifs is 1. The molecule has 4 rings (SSSR count). The summed E-state index contributed by atoms with van der Waals surface area (Å²) in [4.78, 5) is 32.4. The van der Waals surface area contributed by atoms with Crippen molar-refractivity contribution in [2.24, 2.45) is 4.99 Å². The molecule has 0 saturated carbocycles. The maximum absolute atomic E-state index is 13.3. The van der Waals surface area contributed by atoms with Gasteiger partial charge in [0.1, 0.15) is 5.82 Å². The van der Waals surface area contributed by atoms with E-state index in [1.807, 2.05) is 43.3 Å². The largest absolute Gasteiger partial charge is 0.323 e. The summed E-state index contributed by atoms with van der Waals surface area (Å²) in [5.41, 5.74) is 4.79. The van der Waals surface area contributed by atoms with E-state index in [0.717, 1.165) is 16.8 Å². The zero-order valence-corrected chi connectivity index (χ0v) is 17.6. The molecule has 0 fully saturated rings. The van der Waals surface area contributed by atoms with Gasteiger partial charge in [0.25, 0.3) is 5.56 Å². The predicted molar refractivity (Wildman–Crippen MR) is 126 cm³/mol. The minimum absolute atomic E-state index is 0.200. The molecule has 160 valence electrons. The van der Waals surface area contributed by atoms with Crippen LogP contribution in [0.3, 0.4) is 0 Å². The first-order valence-corrected chi connectivity index (χ1v) is 10.0. The van der Waals surface area contributed by atoms with E-state index >= 15 is 0 Å². The Balaban J connectivity index is 1.60. The van der Waals surface area contributed by atoms with Crippen LogP contribution in [0.15, 0.2) is 82.6 Å². The van der Waals surface area contributed by atoms with E-state index in [4.69, 9.17) is 0 Å². The number of H-pyrrole nitrogens is 1. The molecule has 0 unspecified atom stereocenters. The molecule has 0 aromatic heterocycles. The van der Waals surface area contributed by atoms with Gasteiger partial charge >= 0.3 is 6.03 Å². The van der Waals surface area contributed by atoms with Crippen molar-refractivity contribution in [3.05, 3.63) is 100 Å². The van der Waals surface area contributed by atoms with Gasteiger partial charge in [0.05, 0.1) is 17.0 Å². The van der Waals surface area contributed by atoms with Gasteiger partial charge in [-0.25, -0.2) is 9.18 Å². The van der Waals surface area contributed by atoms with Crippen LogP contribution in [0.2, 0.25) is 0 Å². The number of rotatable bonds is 4. The Morgan fingerprint density at radius 2 is 1.69 bits per heavy atom. The zero-order chi connectivity index (χ0) is 22.7. The molecule has 2 aliphatic rings. The molecular weight excluding hydrogens is 407 g/mol. The van der Waals surface area contributed by atoms with Crippen molar-refractivity contribution in [3.8, 4) is 11.3 Å². The summed E-state index contributed by atoms with van der Waals surface area (Å²) in [6.45, 7) is 3.68. The lowest BCUT2D eigenvalue weighted by Crippen LogP contribution is -2.19. The second kappa shape index (κ2) is 8.85. The number of nitrogens with zero attached hydrogens (tertiary/aromatic N) is 1. The summed E-state index contributed by atoms with van der Waals surface area (Å²) in [6.07, 6.45) is 0. The van der Waals surface area contributed by atoms with E-state index < -0.39 is 11.8 Å². The molecule has 6 nitrogen and oxygen atoms in total. The fourth-order valence-corrected chi connectivity index (χ4v) is 3.44. The van der Waals surface area contributed by atoms with E-state index in [1.54, 1.807) is 25.1 Å². The lowest BCUT2D eigenvalue weighted by molar-refractivity contribution is 0.262. The van der Waals surface area contributed by atoms with Gasteiger partial charge in [-0.05, 0) is 55.8 Å². The first-order chi connectivity index (χ1) is 15.4. The van der Waals surface area contributed by atoms with E-state index in [-0.39, 0.29) is 5.56 Å². The first kappa shape index (κ1) is 21.0. The molecule has 2 aromatic carbocycles. The third-order valence-electron chi connectivity index (χ3n) is 4.98. The second-order valence-corrected chi connectivity index (χ2v) is 7.36. The van der Waals surface area contributed by atoms with Gasteiger partial charge in [-0.15, -0.1) is 0 Å². The Hall–Kier alpha value is -4.26. The van der Waals surface area contributed by atoms with Crippen LogP contribution in [-0.2, 0) is 0 Å². The second-order valence-electron chi connectivity index (χ2n) is 7.36. The minimum atomic E-state index is -0.503. The van der Waals surface area contributed by atoms with E-state index in [1.165, 1.54) is 18.2 Å². The standard InChI is InChI=1S/C25H21FN4O2/c1-15-11-12-19(29-25(32)28-18-8-6-7-17(26)13-18)14-22(15)27-16(2)23-20-9-4-3-5-10-21(20)30-24(23)31/h3-14H,1-2H3,(H,30,31)(H2,28,29,32)/b27-16+. The summed E-state index contributed by atoms with van der Waals surface area (Å²) in [6, 6.07) is 19.8. The van der Waals surface area contributed by atoms with Crippen molar-refractivity contribution in [1.82, 2.24) is 4.98 Å². The normalized spacial score (nSPS) is 11.4. The number of hydrogen-bond donors (Lipinski definition) is 3. The number of amides is 2. The van der Waals surface area contributed by atoms with Crippen LogP contribution in [0.4, 0.5) is 26.2 Å². The van der Waals surface area contributed by atoms with Gasteiger partial charge in [-0.2, -0.15) is 0 Å². The zero-order valence-electron chi connectivity index (χ0n) is 17.6. The van der Waals surface area contributed by atoms with E-state index in [0.29, 0.717) is 28.3 Å². The average Bonchev–Trinajstić information content (AvgIpc) is 2.89. The Labute approximate surface area is 184 Å². The molecule has 1 aliphatic heterocycles. The summed E-state index contributed by atoms with van der Waals surface area (Å²) in [7, 11) is 0. The molecular formula is C25H21FN4O2. The minimum Gasteiger partial charge on any atom is -0.321 e. The molecule has 0 atom stereocenters.